The van der Waals surface area contributed by atoms with E-state index >= 15 is 0 Å². The molecule has 0 aromatic heterocycles. The van der Waals surface area contributed by atoms with E-state index in [9.17, 15) is 14.7 Å². The first-order valence-electron chi connectivity index (χ1n) is 7.93. The van der Waals surface area contributed by atoms with Gasteiger partial charge in [0.25, 0.3) is 0 Å². The molecule has 1 saturated heterocycles. The summed E-state index contributed by atoms with van der Waals surface area (Å²) in [7, 11) is 2.08. The number of urea groups is 1. The molecule has 6 heteroatoms. The number of rotatable bonds is 6. The molecule has 1 saturated carbocycles. The van der Waals surface area contributed by atoms with Gasteiger partial charge in [0.1, 0.15) is 5.54 Å². The molecule has 21 heavy (non-hydrogen) atoms. The fraction of sp³-hybridized carbons (Fsp3) is 0.867. The van der Waals surface area contributed by atoms with Crippen LogP contribution in [0.15, 0.2) is 0 Å². The van der Waals surface area contributed by atoms with E-state index in [1.807, 2.05) is 6.92 Å². The lowest BCUT2D eigenvalue weighted by Gasteiger charge is -2.34. The number of carboxylic acids is 1. The van der Waals surface area contributed by atoms with Gasteiger partial charge in [-0.2, -0.15) is 0 Å². The second-order valence-electron chi connectivity index (χ2n) is 6.38. The lowest BCUT2D eigenvalue weighted by atomic mass is 9.93. The van der Waals surface area contributed by atoms with Crippen molar-refractivity contribution in [2.75, 3.05) is 20.1 Å². The molecule has 0 spiro atoms. The Balaban J connectivity index is 1.91. The molecule has 2 aliphatic rings. The molecule has 2 N–H and O–H groups in total. The van der Waals surface area contributed by atoms with Crippen molar-refractivity contribution in [1.29, 1.82) is 0 Å². The third kappa shape index (κ3) is 3.15. The van der Waals surface area contributed by atoms with Gasteiger partial charge in [-0.25, -0.2) is 9.59 Å². The summed E-state index contributed by atoms with van der Waals surface area (Å²) in [4.78, 5) is 27.8. The van der Waals surface area contributed by atoms with Crippen molar-refractivity contribution < 1.29 is 14.7 Å². The third-order valence-corrected chi connectivity index (χ3v) is 5.08. The maximum absolute atomic E-state index is 12.4. The fourth-order valence-corrected chi connectivity index (χ4v) is 3.23. The highest BCUT2D eigenvalue weighted by Gasteiger charge is 2.48. The molecule has 6 nitrogen and oxygen atoms in total. The number of hydrogen-bond donors (Lipinski definition) is 2. The Morgan fingerprint density at radius 3 is 2.67 bits per heavy atom. The molecule has 2 atom stereocenters. The molecule has 120 valence electrons. The summed E-state index contributed by atoms with van der Waals surface area (Å²) in [6, 6.07) is 0.676. The van der Waals surface area contributed by atoms with Crippen LogP contribution < -0.4 is 5.32 Å². The number of likely N-dealkylation sites (tertiary alicyclic amines) is 1. The van der Waals surface area contributed by atoms with Crippen LogP contribution in [0.3, 0.4) is 0 Å². The van der Waals surface area contributed by atoms with Gasteiger partial charge in [-0.15, -0.1) is 0 Å². The maximum Gasteiger partial charge on any atom is 0.329 e. The molecule has 0 aromatic carbocycles. The van der Waals surface area contributed by atoms with E-state index < -0.39 is 11.5 Å². The van der Waals surface area contributed by atoms with Crippen LogP contribution in [0.25, 0.3) is 0 Å². The average molecular weight is 297 g/mol. The highest BCUT2D eigenvalue weighted by Crippen LogP contribution is 2.32. The molecule has 2 fully saturated rings. The highest BCUT2D eigenvalue weighted by atomic mass is 16.4. The van der Waals surface area contributed by atoms with E-state index in [1.54, 1.807) is 0 Å². The van der Waals surface area contributed by atoms with Gasteiger partial charge in [0, 0.05) is 25.2 Å². The predicted octanol–water partition coefficient (Wildman–Crippen LogP) is 1.51. The van der Waals surface area contributed by atoms with Gasteiger partial charge in [-0.05, 0) is 46.1 Å². The number of nitrogens with one attached hydrogen (secondary N) is 1. The summed E-state index contributed by atoms with van der Waals surface area (Å²) in [5, 5.41) is 12.4. The van der Waals surface area contributed by atoms with Crippen LogP contribution in [0.4, 0.5) is 4.79 Å². The van der Waals surface area contributed by atoms with Gasteiger partial charge >= 0.3 is 12.0 Å². The van der Waals surface area contributed by atoms with Crippen molar-refractivity contribution >= 4 is 12.0 Å². The molecular formula is C15H27N3O3. The van der Waals surface area contributed by atoms with Crippen LogP contribution in [0.1, 0.15) is 46.0 Å². The number of hydrogen-bond acceptors (Lipinski definition) is 3. The van der Waals surface area contributed by atoms with Crippen molar-refractivity contribution in [2.45, 2.75) is 63.6 Å². The molecule has 1 aliphatic heterocycles. The zero-order chi connectivity index (χ0) is 15.6. The summed E-state index contributed by atoms with van der Waals surface area (Å²) in [6.45, 7) is 5.01. The van der Waals surface area contributed by atoms with Gasteiger partial charge in [-0.3, -0.25) is 4.90 Å². The third-order valence-electron chi connectivity index (χ3n) is 5.08. The SMILES string of the molecule is CCC1(C(=O)O)CCCN1C(=O)NCC(C)N(C)C1CC1. The largest absolute Gasteiger partial charge is 0.479 e. The van der Waals surface area contributed by atoms with Gasteiger partial charge < -0.3 is 15.3 Å². The molecular weight excluding hydrogens is 270 g/mol. The summed E-state index contributed by atoms with van der Waals surface area (Å²) < 4.78 is 0. The van der Waals surface area contributed by atoms with Crippen molar-refractivity contribution in [1.82, 2.24) is 15.1 Å². The first-order chi connectivity index (χ1) is 9.92. The van der Waals surface area contributed by atoms with Gasteiger partial charge in [0.05, 0.1) is 0 Å². The lowest BCUT2D eigenvalue weighted by Crippen LogP contribution is -2.56. The van der Waals surface area contributed by atoms with Crippen molar-refractivity contribution in [2.24, 2.45) is 0 Å². The summed E-state index contributed by atoms with van der Waals surface area (Å²) >= 11 is 0. The Morgan fingerprint density at radius 1 is 1.48 bits per heavy atom. The molecule has 2 amide bonds. The van der Waals surface area contributed by atoms with Gasteiger partial charge in [-0.1, -0.05) is 6.92 Å². The summed E-state index contributed by atoms with van der Waals surface area (Å²) in [5.74, 6) is -0.888. The molecule has 0 radical (unpaired) electrons. The minimum atomic E-state index is -1.02. The van der Waals surface area contributed by atoms with E-state index in [-0.39, 0.29) is 12.1 Å². The van der Waals surface area contributed by atoms with Crippen molar-refractivity contribution in [3.05, 3.63) is 0 Å². The molecule has 0 aromatic rings. The zero-order valence-electron chi connectivity index (χ0n) is 13.3. The van der Waals surface area contributed by atoms with E-state index in [0.29, 0.717) is 32.0 Å². The Morgan fingerprint density at radius 2 is 2.14 bits per heavy atom. The first kappa shape index (κ1) is 16.1. The average Bonchev–Trinajstić information content (AvgIpc) is 3.21. The topological polar surface area (TPSA) is 72.9 Å². The number of carbonyl (C=O) groups is 2. The molecule has 1 aliphatic carbocycles. The van der Waals surface area contributed by atoms with Crippen molar-refractivity contribution in [3.63, 3.8) is 0 Å². The monoisotopic (exact) mass is 297 g/mol. The maximum atomic E-state index is 12.4. The molecule has 1 heterocycles. The summed E-state index contributed by atoms with van der Waals surface area (Å²) in [5.41, 5.74) is -1.02. The standard InChI is InChI=1S/C15H27N3O3/c1-4-15(13(19)20)8-5-9-18(15)14(21)16-10-11(2)17(3)12-6-7-12/h11-12H,4-10H2,1-3H3,(H,16,21)(H,19,20). The molecule has 0 bridgehead atoms. The lowest BCUT2D eigenvalue weighted by molar-refractivity contribution is -0.148. The van der Waals surface area contributed by atoms with Crippen LogP contribution in [0.2, 0.25) is 0 Å². The number of likely N-dealkylation sites (N-methyl/N-ethyl adjacent to an activating group) is 1. The number of amides is 2. The predicted molar refractivity (Wildman–Crippen MR) is 80.2 cm³/mol. The van der Waals surface area contributed by atoms with Crippen LogP contribution in [0.5, 0.6) is 0 Å². The number of carboxylic acid groups (broad SMARTS) is 1. The zero-order valence-corrected chi connectivity index (χ0v) is 13.3. The fourth-order valence-electron chi connectivity index (χ4n) is 3.23. The summed E-state index contributed by atoms with van der Waals surface area (Å²) in [6.07, 6.45) is 4.22. The minimum absolute atomic E-state index is 0.243. The number of carbonyl (C=O) groups excluding carboxylic acids is 1. The van der Waals surface area contributed by atoms with Crippen molar-refractivity contribution in [3.8, 4) is 0 Å². The number of nitrogens with zero attached hydrogens (tertiary/aromatic N) is 2. The minimum Gasteiger partial charge on any atom is -0.479 e. The quantitative estimate of drug-likeness (QED) is 0.779. The van der Waals surface area contributed by atoms with Crippen LogP contribution in [-0.4, -0.2) is 64.7 Å². The highest BCUT2D eigenvalue weighted by molar-refractivity contribution is 5.87. The van der Waals surface area contributed by atoms with Gasteiger partial charge in [0.2, 0.25) is 0 Å². The van der Waals surface area contributed by atoms with Crippen LogP contribution in [-0.2, 0) is 4.79 Å². The Labute approximate surface area is 126 Å². The first-order valence-corrected chi connectivity index (χ1v) is 7.93. The van der Waals surface area contributed by atoms with E-state index in [4.69, 9.17) is 0 Å². The Hall–Kier alpha value is -1.30. The van der Waals surface area contributed by atoms with E-state index in [2.05, 4.69) is 24.2 Å². The second-order valence-corrected chi connectivity index (χ2v) is 6.38. The smallest absolute Gasteiger partial charge is 0.329 e. The Kier molecular flexibility index (Phi) is 4.76. The second kappa shape index (κ2) is 6.22. The van der Waals surface area contributed by atoms with Crippen LogP contribution >= 0.6 is 0 Å². The van der Waals surface area contributed by atoms with E-state index in [1.165, 1.54) is 17.7 Å². The van der Waals surface area contributed by atoms with Crippen LogP contribution in [0, 0.1) is 0 Å². The normalized spacial score (nSPS) is 27.0. The van der Waals surface area contributed by atoms with E-state index in [0.717, 1.165) is 6.42 Å². The Bertz CT molecular complexity index is 411. The number of aliphatic carboxylic acids is 1. The van der Waals surface area contributed by atoms with Gasteiger partial charge in [0.15, 0.2) is 0 Å². The molecule has 2 unspecified atom stereocenters. The molecule has 2 rings (SSSR count).